The fourth-order valence-electron chi connectivity index (χ4n) is 1.69. The maximum absolute atomic E-state index is 11.7. The summed E-state index contributed by atoms with van der Waals surface area (Å²) in [4.78, 5) is 14.5. The summed E-state index contributed by atoms with van der Waals surface area (Å²) in [7, 11) is 0. The molecule has 2 aromatic rings. The minimum absolute atomic E-state index is 0.135. The van der Waals surface area contributed by atoms with Crippen molar-refractivity contribution in [2.45, 2.75) is 19.9 Å². The zero-order chi connectivity index (χ0) is 11.9. The molecule has 1 heterocycles. The van der Waals surface area contributed by atoms with E-state index < -0.39 is 0 Å². The number of nitrogens with two attached hydrogens (primary N) is 1. The lowest BCUT2D eigenvalue weighted by molar-refractivity contribution is 0.804. The molecule has 1 aromatic heterocycles. The molecule has 0 unspecified atom stereocenters. The van der Waals surface area contributed by atoms with Gasteiger partial charge in [-0.25, -0.2) is 0 Å². The fourth-order valence-corrected chi connectivity index (χ4v) is 1.86. The summed E-state index contributed by atoms with van der Waals surface area (Å²) in [6, 6.07) is 5.22. The Balaban J connectivity index is 2.80. The second-order valence-corrected chi connectivity index (χ2v) is 4.44. The number of benzene rings is 1. The second kappa shape index (κ2) is 3.92. The van der Waals surface area contributed by atoms with Crippen molar-refractivity contribution in [1.82, 2.24) is 4.98 Å². The van der Waals surface area contributed by atoms with E-state index in [-0.39, 0.29) is 11.6 Å². The van der Waals surface area contributed by atoms with Gasteiger partial charge in [0.15, 0.2) is 0 Å². The van der Waals surface area contributed by atoms with Crippen LogP contribution in [0.4, 0.5) is 0 Å². The molecule has 0 saturated heterocycles. The Morgan fingerprint density at radius 2 is 2.06 bits per heavy atom. The summed E-state index contributed by atoms with van der Waals surface area (Å²) in [6.45, 7) is 3.69. The average Bonchev–Trinajstić information content (AvgIpc) is 2.19. The van der Waals surface area contributed by atoms with Crippen molar-refractivity contribution in [3.8, 4) is 0 Å². The van der Waals surface area contributed by atoms with Crippen LogP contribution in [0.2, 0.25) is 5.02 Å². The summed E-state index contributed by atoms with van der Waals surface area (Å²) >= 11 is 6.04. The molecule has 0 radical (unpaired) electrons. The minimum Gasteiger partial charge on any atom is -0.324 e. The number of aromatic nitrogens is 1. The molecule has 0 bridgehead atoms. The number of hydrogen-bond acceptors (Lipinski definition) is 2. The van der Waals surface area contributed by atoms with E-state index in [1.165, 1.54) is 0 Å². The SMILES string of the molecule is Cc1cc2[nH]c(=O)c([C@H](C)N)cc2cc1Cl. The van der Waals surface area contributed by atoms with Gasteiger partial charge in [-0.2, -0.15) is 0 Å². The predicted molar refractivity (Wildman–Crippen MR) is 66.9 cm³/mol. The number of aryl methyl sites for hydroxylation is 1. The normalized spacial score (nSPS) is 13.0. The molecule has 1 aromatic carbocycles. The van der Waals surface area contributed by atoms with E-state index in [1.807, 2.05) is 19.1 Å². The van der Waals surface area contributed by atoms with Gasteiger partial charge >= 0.3 is 0 Å². The van der Waals surface area contributed by atoms with E-state index in [4.69, 9.17) is 17.3 Å². The summed E-state index contributed by atoms with van der Waals surface area (Å²) in [6.07, 6.45) is 0. The van der Waals surface area contributed by atoms with E-state index in [0.29, 0.717) is 10.6 Å². The Hall–Kier alpha value is -1.32. The third kappa shape index (κ3) is 1.84. The Morgan fingerprint density at radius 3 is 2.69 bits per heavy atom. The number of fused-ring (bicyclic) bond motifs is 1. The second-order valence-electron chi connectivity index (χ2n) is 4.03. The standard InChI is InChI=1S/C12H13ClN2O/c1-6-3-11-8(5-10(6)13)4-9(7(2)14)12(16)15-11/h3-5,7H,14H2,1-2H3,(H,15,16)/t7-/m0/s1. The van der Waals surface area contributed by atoms with Crippen molar-refractivity contribution < 1.29 is 0 Å². The first-order chi connectivity index (χ1) is 7.49. The van der Waals surface area contributed by atoms with Crippen molar-refractivity contribution in [3.63, 3.8) is 0 Å². The van der Waals surface area contributed by atoms with Gasteiger partial charge < -0.3 is 10.7 Å². The number of nitrogens with one attached hydrogen (secondary N) is 1. The maximum atomic E-state index is 11.7. The number of H-pyrrole nitrogens is 1. The first-order valence-corrected chi connectivity index (χ1v) is 5.45. The third-order valence-corrected chi connectivity index (χ3v) is 3.05. The van der Waals surface area contributed by atoms with Crippen LogP contribution in [-0.4, -0.2) is 4.98 Å². The molecule has 1 atom stereocenters. The molecule has 0 saturated carbocycles. The molecule has 0 aliphatic rings. The van der Waals surface area contributed by atoms with Crippen molar-refractivity contribution >= 4 is 22.5 Å². The monoisotopic (exact) mass is 236 g/mol. The first kappa shape index (κ1) is 11.2. The van der Waals surface area contributed by atoms with Crippen LogP contribution in [0.25, 0.3) is 10.9 Å². The first-order valence-electron chi connectivity index (χ1n) is 5.07. The Bertz CT molecular complexity index is 602. The van der Waals surface area contributed by atoms with Crippen LogP contribution in [0.5, 0.6) is 0 Å². The zero-order valence-corrected chi connectivity index (χ0v) is 9.93. The van der Waals surface area contributed by atoms with Gasteiger partial charge in [0.25, 0.3) is 5.56 Å². The highest BCUT2D eigenvalue weighted by Gasteiger charge is 2.08. The molecule has 0 spiro atoms. The largest absolute Gasteiger partial charge is 0.324 e. The van der Waals surface area contributed by atoms with Crippen molar-refractivity contribution in [3.05, 3.63) is 44.7 Å². The van der Waals surface area contributed by atoms with Gasteiger partial charge in [-0.15, -0.1) is 0 Å². The van der Waals surface area contributed by atoms with Gasteiger partial charge in [-0.05, 0) is 37.6 Å². The van der Waals surface area contributed by atoms with E-state index >= 15 is 0 Å². The van der Waals surface area contributed by atoms with Crippen molar-refractivity contribution in [1.29, 1.82) is 0 Å². The average molecular weight is 237 g/mol. The van der Waals surface area contributed by atoms with E-state index in [2.05, 4.69) is 4.98 Å². The van der Waals surface area contributed by atoms with Crippen LogP contribution in [0, 0.1) is 6.92 Å². The molecule has 0 aliphatic carbocycles. The van der Waals surface area contributed by atoms with Gasteiger partial charge in [0.05, 0.1) is 0 Å². The highest BCUT2D eigenvalue weighted by atomic mass is 35.5. The maximum Gasteiger partial charge on any atom is 0.253 e. The van der Waals surface area contributed by atoms with Crippen LogP contribution in [-0.2, 0) is 0 Å². The molecular weight excluding hydrogens is 224 g/mol. The van der Waals surface area contributed by atoms with E-state index in [1.54, 1.807) is 13.0 Å². The summed E-state index contributed by atoms with van der Waals surface area (Å²) in [5.74, 6) is 0. The topological polar surface area (TPSA) is 58.9 Å². The predicted octanol–water partition coefficient (Wildman–Crippen LogP) is 2.51. The summed E-state index contributed by atoms with van der Waals surface area (Å²) < 4.78 is 0. The molecular formula is C12H13ClN2O. The molecule has 3 nitrogen and oxygen atoms in total. The zero-order valence-electron chi connectivity index (χ0n) is 9.17. The van der Waals surface area contributed by atoms with Crippen LogP contribution in [0.1, 0.15) is 24.1 Å². The number of pyridine rings is 1. The van der Waals surface area contributed by atoms with Crippen LogP contribution < -0.4 is 11.3 Å². The van der Waals surface area contributed by atoms with Crippen LogP contribution in [0.3, 0.4) is 0 Å². The molecule has 3 N–H and O–H groups in total. The lowest BCUT2D eigenvalue weighted by atomic mass is 10.1. The van der Waals surface area contributed by atoms with Crippen LogP contribution >= 0.6 is 11.6 Å². The summed E-state index contributed by atoms with van der Waals surface area (Å²) in [5.41, 5.74) is 7.89. The van der Waals surface area contributed by atoms with E-state index in [9.17, 15) is 4.79 Å². The minimum atomic E-state index is -0.284. The summed E-state index contributed by atoms with van der Waals surface area (Å²) in [5, 5.41) is 1.60. The van der Waals surface area contributed by atoms with Gasteiger partial charge in [0, 0.05) is 27.5 Å². The lowest BCUT2D eigenvalue weighted by Gasteiger charge is -2.07. The van der Waals surface area contributed by atoms with Gasteiger partial charge in [-0.3, -0.25) is 4.79 Å². The fraction of sp³-hybridized carbons (Fsp3) is 0.250. The number of hydrogen-bond donors (Lipinski definition) is 2. The van der Waals surface area contributed by atoms with Crippen LogP contribution in [0.15, 0.2) is 23.0 Å². The molecule has 0 fully saturated rings. The molecule has 4 heteroatoms. The molecule has 2 rings (SSSR count). The Kier molecular flexibility index (Phi) is 2.74. The van der Waals surface area contributed by atoms with E-state index in [0.717, 1.165) is 16.5 Å². The molecule has 0 amide bonds. The van der Waals surface area contributed by atoms with Crippen molar-refractivity contribution in [2.24, 2.45) is 5.73 Å². The number of rotatable bonds is 1. The molecule has 16 heavy (non-hydrogen) atoms. The highest BCUT2D eigenvalue weighted by molar-refractivity contribution is 6.32. The van der Waals surface area contributed by atoms with Gasteiger partial charge in [0.2, 0.25) is 0 Å². The quantitative estimate of drug-likeness (QED) is 0.799. The number of aromatic amines is 1. The van der Waals surface area contributed by atoms with Crippen molar-refractivity contribution in [2.75, 3.05) is 0 Å². The lowest BCUT2D eigenvalue weighted by Crippen LogP contribution is -2.19. The highest BCUT2D eigenvalue weighted by Crippen LogP contribution is 2.22. The molecule has 0 aliphatic heterocycles. The van der Waals surface area contributed by atoms with Gasteiger partial charge in [-0.1, -0.05) is 11.6 Å². The Morgan fingerprint density at radius 1 is 1.38 bits per heavy atom. The smallest absolute Gasteiger partial charge is 0.253 e. The van der Waals surface area contributed by atoms with Gasteiger partial charge in [0.1, 0.15) is 0 Å². The molecule has 84 valence electrons. The Labute approximate surface area is 98.2 Å². The third-order valence-electron chi connectivity index (χ3n) is 2.64. The number of halogens is 1.